The van der Waals surface area contributed by atoms with E-state index >= 15 is 0 Å². The van der Waals surface area contributed by atoms with Gasteiger partial charge < -0.3 is 5.11 Å². The third-order valence-electron chi connectivity index (χ3n) is 2.53. The molecule has 15 heavy (non-hydrogen) atoms. The monoisotopic (exact) mass is 236 g/mol. The molecule has 1 unspecified atom stereocenters. The average Bonchev–Trinajstić information content (AvgIpc) is 2.11. The second-order valence-corrected chi connectivity index (χ2v) is 6.54. The summed E-state index contributed by atoms with van der Waals surface area (Å²) >= 11 is 0. The van der Waals surface area contributed by atoms with Crippen molar-refractivity contribution in [2.45, 2.75) is 33.6 Å². The largest absolute Gasteiger partial charge is 0.481 e. The van der Waals surface area contributed by atoms with E-state index in [1.54, 1.807) is 6.92 Å². The molecule has 0 bridgehead atoms. The fraction of sp³-hybridized carbons (Fsp3) is 0.900. The fourth-order valence-corrected chi connectivity index (χ4v) is 2.30. The highest BCUT2D eigenvalue weighted by Crippen LogP contribution is 2.17. The number of carbonyl (C=O) groups is 1. The van der Waals surface area contributed by atoms with Gasteiger partial charge in [-0.1, -0.05) is 20.8 Å². The summed E-state index contributed by atoms with van der Waals surface area (Å²) in [5.74, 6) is -0.991. The highest BCUT2D eigenvalue weighted by Gasteiger charge is 2.21. The van der Waals surface area contributed by atoms with Gasteiger partial charge in [0.25, 0.3) is 0 Å². The van der Waals surface area contributed by atoms with E-state index in [9.17, 15) is 13.2 Å². The van der Waals surface area contributed by atoms with E-state index in [-0.39, 0.29) is 17.4 Å². The van der Waals surface area contributed by atoms with Gasteiger partial charge in [-0.25, -0.2) is 8.42 Å². The molecule has 1 atom stereocenters. The Morgan fingerprint density at radius 3 is 2.20 bits per heavy atom. The first-order valence-corrected chi connectivity index (χ1v) is 7.05. The summed E-state index contributed by atoms with van der Waals surface area (Å²) < 4.78 is 22.3. The normalized spacial score (nSPS) is 14.1. The van der Waals surface area contributed by atoms with Crippen LogP contribution in [0.25, 0.3) is 0 Å². The lowest BCUT2D eigenvalue weighted by Crippen LogP contribution is -2.21. The van der Waals surface area contributed by atoms with Crippen molar-refractivity contribution in [1.82, 2.24) is 0 Å². The lowest BCUT2D eigenvalue weighted by Gasteiger charge is -2.15. The number of carboxylic acid groups (broad SMARTS) is 1. The summed E-state index contributed by atoms with van der Waals surface area (Å²) in [6.45, 7) is 5.28. The lowest BCUT2D eigenvalue weighted by atomic mass is 9.92. The molecule has 0 fully saturated rings. The standard InChI is InChI=1S/C10H20O4S/c1-4-15(13,14)7-5-6-9(8(2)3)10(11)12/h8-9H,4-7H2,1-3H3,(H,11,12). The topological polar surface area (TPSA) is 71.4 Å². The molecular formula is C10H20O4S. The van der Waals surface area contributed by atoms with Gasteiger partial charge in [0.15, 0.2) is 0 Å². The Bertz CT molecular complexity index is 293. The Morgan fingerprint density at radius 2 is 1.87 bits per heavy atom. The number of hydrogen-bond acceptors (Lipinski definition) is 3. The maximum absolute atomic E-state index is 11.2. The summed E-state index contributed by atoms with van der Waals surface area (Å²) in [7, 11) is -2.96. The van der Waals surface area contributed by atoms with E-state index in [1.807, 2.05) is 13.8 Å². The minimum atomic E-state index is -2.96. The Kier molecular flexibility index (Phi) is 5.87. The van der Waals surface area contributed by atoms with Crippen LogP contribution in [0.1, 0.15) is 33.6 Å². The molecule has 4 nitrogen and oxygen atoms in total. The van der Waals surface area contributed by atoms with Crippen LogP contribution in [0.3, 0.4) is 0 Å². The number of hydrogen-bond donors (Lipinski definition) is 1. The maximum Gasteiger partial charge on any atom is 0.306 e. The predicted octanol–water partition coefficient (Wildman–Crippen LogP) is 1.56. The van der Waals surface area contributed by atoms with Gasteiger partial charge in [-0.15, -0.1) is 0 Å². The maximum atomic E-state index is 11.2. The highest BCUT2D eigenvalue weighted by molar-refractivity contribution is 7.91. The van der Waals surface area contributed by atoms with Crippen molar-refractivity contribution >= 4 is 15.8 Å². The molecular weight excluding hydrogens is 216 g/mol. The van der Waals surface area contributed by atoms with Crippen LogP contribution in [0.2, 0.25) is 0 Å². The molecule has 0 saturated carbocycles. The fourth-order valence-electron chi connectivity index (χ4n) is 1.41. The number of carboxylic acids is 1. The van der Waals surface area contributed by atoms with Crippen LogP contribution in [0.5, 0.6) is 0 Å². The van der Waals surface area contributed by atoms with Crippen molar-refractivity contribution in [3.8, 4) is 0 Å². The molecule has 0 rings (SSSR count). The lowest BCUT2D eigenvalue weighted by molar-refractivity contribution is -0.143. The summed E-state index contributed by atoms with van der Waals surface area (Å²) in [5.41, 5.74) is 0. The van der Waals surface area contributed by atoms with Crippen molar-refractivity contribution in [3.63, 3.8) is 0 Å². The first-order valence-electron chi connectivity index (χ1n) is 5.23. The van der Waals surface area contributed by atoms with Crippen molar-refractivity contribution in [2.24, 2.45) is 11.8 Å². The van der Waals surface area contributed by atoms with Gasteiger partial charge in [-0.2, -0.15) is 0 Å². The van der Waals surface area contributed by atoms with Crippen LogP contribution in [-0.4, -0.2) is 31.0 Å². The molecule has 0 aliphatic carbocycles. The average molecular weight is 236 g/mol. The zero-order chi connectivity index (χ0) is 12.1. The van der Waals surface area contributed by atoms with Crippen molar-refractivity contribution < 1.29 is 18.3 Å². The first kappa shape index (κ1) is 14.4. The van der Waals surface area contributed by atoms with E-state index in [0.717, 1.165) is 0 Å². The molecule has 90 valence electrons. The van der Waals surface area contributed by atoms with E-state index in [4.69, 9.17) is 5.11 Å². The molecule has 0 aromatic carbocycles. The number of aliphatic carboxylic acids is 1. The predicted molar refractivity (Wildman–Crippen MR) is 59.5 cm³/mol. The van der Waals surface area contributed by atoms with Gasteiger partial charge in [-0.05, 0) is 18.8 Å². The van der Waals surface area contributed by atoms with Crippen LogP contribution in [0, 0.1) is 11.8 Å². The SMILES string of the molecule is CCS(=O)(=O)CCCC(C(=O)O)C(C)C. The smallest absolute Gasteiger partial charge is 0.306 e. The van der Waals surface area contributed by atoms with Crippen molar-refractivity contribution in [3.05, 3.63) is 0 Å². The quantitative estimate of drug-likeness (QED) is 0.728. The zero-order valence-corrected chi connectivity index (χ0v) is 10.4. The minimum absolute atomic E-state index is 0.0480. The summed E-state index contributed by atoms with van der Waals surface area (Å²) in [6.07, 6.45) is 0.873. The second-order valence-electron chi connectivity index (χ2n) is 4.07. The molecule has 0 spiro atoms. The number of rotatable bonds is 7. The molecule has 0 radical (unpaired) electrons. The summed E-state index contributed by atoms with van der Waals surface area (Å²) in [4.78, 5) is 10.8. The summed E-state index contributed by atoms with van der Waals surface area (Å²) in [5, 5.41) is 8.88. The van der Waals surface area contributed by atoms with Crippen LogP contribution in [0.4, 0.5) is 0 Å². The van der Waals surface area contributed by atoms with E-state index in [2.05, 4.69) is 0 Å². The van der Waals surface area contributed by atoms with E-state index in [1.165, 1.54) is 0 Å². The minimum Gasteiger partial charge on any atom is -0.481 e. The van der Waals surface area contributed by atoms with Gasteiger partial charge >= 0.3 is 5.97 Å². The third kappa shape index (κ3) is 5.77. The Morgan fingerprint density at radius 1 is 1.33 bits per heavy atom. The van der Waals surface area contributed by atoms with Gasteiger partial charge in [0.2, 0.25) is 0 Å². The molecule has 5 heteroatoms. The van der Waals surface area contributed by atoms with Gasteiger partial charge in [-0.3, -0.25) is 4.79 Å². The summed E-state index contributed by atoms with van der Waals surface area (Å²) in [6, 6.07) is 0. The van der Waals surface area contributed by atoms with Crippen LogP contribution in [-0.2, 0) is 14.6 Å². The Labute approximate surface area is 91.6 Å². The highest BCUT2D eigenvalue weighted by atomic mass is 32.2. The molecule has 0 heterocycles. The molecule has 1 N–H and O–H groups in total. The van der Waals surface area contributed by atoms with Crippen LogP contribution >= 0.6 is 0 Å². The molecule has 0 amide bonds. The second kappa shape index (κ2) is 6.10. The van der Waals surface area contributed by atoms with Crippen molar-refractivity contribution in [1.29, 1.82) is 0 Å². The first-order chi connectivity index (χ1) is 6.80. The van der Waals surface area contributed by atoms with Crippen LogP contribution in [0.15, 0.2) is 0 Å². The van der Waals surface area contributed by atoms with Crippen molar-refractivity contribution in [2.75, 3.05) is 11.5 Å². The molecule has 0 aliphatic heterocycles. The van der Waals surface area contributed by atoms with Gasteiger partial charge in [0.05, 0.1) is 11.7 Å². The third-order valence-corrected chi connectivity index (χ3v) is 4.32. The van der Waals surface area contributed by atoms with Gasteiger partial charge in [0, 0.05) is 5.75 Å². The molecule has 0 aromatic rings. The molecule has 0 aliphatic rings. The Balaban J connectivity index is 4.09. The zero-order valence-electron chi connectivity index (χ0n) is 9.56. The number of sulfone groups is 1. The van der Waals surface area contributed by atoms with Crippen LogP contribution < -0.4 is 0 Å². The van der Waals surface area contributed by atoms with E-state index < -0.39 is 21.7 Å². The van der Waals surface area contributed by atoms with E-state index in [0.29, 0.717) is 12.8 Å². The molecule has 0 saturated heterocycles. The Hall–Kier alpha value is -0.580. The molecule has 0 aromatic heterocycles. The van der Waals surface area contributed by atoms with Gasteiger partial charge in [0.1, 0.15) is 9.84 Å².